The maximum atomic E-state index is 11.8. The van der Waals surface area contributed by atoms with Crippen molar-refractivity contribution in [3.05, 3.63) is 35.9 Å². The van der Waals surface area contributed by atoms with Gasteiger partial charge in [0.15, 0.2) is 0 Å². The second kappa shape index (κ2) is 6.39. The third kappa shape index (κ3) is 3.03. The van der Waals surface area contributed by atoms with Gasteiger partial charge in [-0.05, 0) is 50.8 Å². The zero-order chi connectivity index (χ0) is 15.6. The number of hydrogen-bond acceptors (Lipinski definition) is 3. The van der Waals surface area contributed by atoms with E-state index < -0.39 is 0 Å². The Morgan fingerprint density at radius 1 is 1.23 bits per heavy atom. The SMILES string of the molecule is CC1(N2CCC(c3ccccc3)CC2)CCN(C(=O)CN)C1. The Balaban J connectivity index is 1.58. The summed E-state index contributed by atoms with van der Waals surface area (Å²) in [6.07, 6.45) is 3.49. The zero-order valence-corrected chi connectivity index (χ0v) is 13.5. The van der Waals surface area contributed by atoms with Crippen LogP contribution in [0.5, 0.6) is 0 Å². The fourth-order valence-electron chi connectivity index (χ4n) is 4.02. The van der Waals surface area contributed by atoms with Crippen LogP contribution in [0.2, 0.25) is 0 Å². The number of nitrogens with two attached hydrogens (primary N) is 1. The van der Waals surface area contributed by atoms with E-state index in [-0.39, 0.29) is 18.0 Å². The van der Waals surface area contributed by atoms with Crippen molar-refractivity contribution in [1.82, 2.24) is 9.80 Å². The Labute approximate surface area is 133 Å². The summed E-state index contributed by atoms with van der Waals surface area (Å²) in [6, 6.07) is 10.9. The predicted molar refractivity (Wildman–Crippen MR) is 88.6 cm³/mol. The van der Waals surface area contributed by atoms with Gasteiger partial charge in [0.2, 0.25) is 5.91 Å². The summed E-state index contributed by atoms with van der Waals surface area (Å²) < 4.78 is 0. The summed E-state index contributed by atoms with van der Waals surface area (Å²) in [5, 5.41) is 0. The Bertz CT molecular complexity index is 510. The van der Waals surface area contributed by atoms with Crippen LogP contribution in [0.25, 0.3) is 0 Å². The Morgan fingerprint density at radius 3 is 2.55 bits per heavy atom. The minimum absolute atomic E-state index is 0.0860. The van der Waals surface area contributed by atoms with E-state index in [1.54, 1.807) is 0 Å². The smallest absolute Gasteiger partial charge is 0.236 e. The number of carbonyl (C=O) groups is 1. The molecule has 1 atom stereocenters. The van der Waals surface area contributed by atoms with Crippen molar-refractivity contribution in [2.45, 2.75) is 37.6 Å². The number of benzene rings is 1. The first-order valence-corrected chi connectivity index (χ1v) is 8.40. The number of rotatable bonds is 3. The molecule has 120 valence electrons. The minimum Gasteiger partial charge on any atom is -0.340 e. The van der Waals surface area contributed by atoms with Gasteiger partial charge in [-0.2, -0.15) is 0 Å². The summed E-state index contributed by atoms with van der Waals surface area (Å²) in [6.45, 7) is 6.37. The van der Waals surface area contributed by atoms with Gasteiger partial charge in [0, 0.05) is 18.6 Å². The summed E-state index contributed by atoms with van der Waals surface area (Å²) in [4.78, 5) is 16.3. The third-order valence-electron chi connectivity index (χ3n) is 5.51. The molecule has 3 rings (SSSR count). The first-order valence-electron chi connectivity index (χ1n) is 8.40. The van der Waals surface area contributed by atoms with E-state index >= 15 is 0 Å². The molecule has 4 heteroatoms. The van der Waals surface area contributed by atoms with Crippen LogP contribution in [0.3, 0.4) is 0 Å². The molecule has 1 aromatic rings. The topological polar surface area (TPSA) is 49.6 Å². The van der Waals surface area contributed by atoms with Crippen molar-refractivity contribution < 1.29 is 4.79 Å². The molecule has 0 saturated carbocycles. The second-order valence-corrected chi connectivity index (χ2v) is 6.94. The first-order chi connectivity index (χ1) is 10.6. The number of hydrogen-bond donors (Lipinski definition) is 1. The molecule has 2 fully saturated rings. The van der Waals surface area contributed by atoms with Crippen LogP contribution in [-0.4, -0.2) is 54.0 Å². The molecule has 0 spiro atoms. The number of likely N-dealkylation sites (tertiary alicyclic amines) is 2. The summed E-state index contributed by atoms with van der Waals surface area (Å²) >= 11 is 0. The molecule has 2 saturated heterocycles. The van der Waals surface area contributed by atoms with Crippen LogP contribution in [-0.2, 0) is 4.79 Å². The lowest BCUT2D eigenvalue weighted by atomic mass is 9.86. The van der Waals surface area contributed by atoms with E-state index in [9.17, 15) is 4.79 Å². The van der Waals surface area contributed by atoms with E-state index in [0.29, 0.717) is 5.92 Å². The van der Waals surface area contributed by atoms with Gasteiger partial charge >= 0.3 is 0 Å². The Morgan fingerprint density at radius 2 is 1.91 bits per heavy atom. The summed E-state index contributed by atoms with van der Waals surface area (Å²) in [7, 11) is 0. The van der Waals surface area contributed by atoms with Crippen molar-refractivity contribution in [3.8, 4) is 0 Å². The molecule has 2 aliphatic rings. The van der Waals surface area contributed by atoms with Gasteiger partial charge in [-0.15, -0.1) is 0 Å². The highest BCUT2D eigenvalue weighted by molar-refractivity contribution is 5.78. The molecular formula is C18H27N3O. The van der Waals surface area contributed by atoms with Gasteiger partial charge in [0.1, 0.15) is 0 Å². The number of piperidine rings is 1. The molecule has 2 heterocycles. The van der Waals surface area contributed by atoms with Gasteiger partial charge in [0.05, 0.1) is 6.54 Å². The van der Waals surface area contributed by atoms with E-state index in [1.165, 1.54) is 18.4 Å². The van der Waals surface area contributed by atoms with Crippen LogP contribution in [0, 0.1) is 0 Å². The van der Waals surface area contributed by atoms with Gasteiger partial charge < -0.3 is 10.6 Å². The molecule has 2 aliphatic heterocycles. The molecule has 1 unspecified atom stereocenters. The van der Waals surface area contributed by atoms with E-state index in [0.717, 1.165) is 32.6 Å². The average molecular weight is 301 g/mol. The van der Waals surface area contributed by atoms with Crippen molar-refractivity contribution in [3.63, 3.8) is 0 Å². The normalized spacial score (nSPS) is 27.3. The van der Waals surface area contributed by atoms with Gasteiger partial charge in [0.25, 0.3) is 0 Å². The monoisotopic (exact) mass is 301 g/mol. The van der Waals surface area contributed by atoms with E-state index in [1.807, 2.05) is 4.90 Å². The highest BCUT2D eigenvalue weighted by atomic mass is 16.2. The highest BCUT2D eigenvalue weighted by Gasteiger charge is 2.41. The van der Waals surface area contributed by atoms with Crippen LogP contribution >= 0.6 is 0 Å². The molecule has 1 aromatic carbocycles. The van der Waals surface area contributed by atoms with Crippen LogP contribution in [0.15, 0.2) is 30.3 Å². The number of carbonyl (C=O) groups excluding carboxylic acids is 1. The van der Waals surface area contributed by atoms with Gasteiger partial charge in [-0.25, -0.2) is 0 Å². The largest absolute Gasteiger partial charge is 0.340 e. The van der Waals surface area contributed by atoms with Crippen molar-refractivity contribution in [2.75, 3.05) is 32.7 Å². The average Bonchev–Trinajstić information content (AvgIpc) is 2.99. The molecule has 0 aliphatic carbocycles. The Kier molecular flexibility index (Phi) is 4.50. The van der Waals surface area contributed by atoms with E-state index in [4.69, 9.17) is 5.73 Å². The van der Waals surface area contributed by atoms with Gasteiger partial charge in [-0.3, -0.25) is 9.69 Å². The van der Waals surface area contributed by atoms with Crippen LogP contribution in [0.1, 0.15) is 37.7 Å². The van der Waals surface area contributed by atoms with Crippen LogP contribution < -0.4 is 5.73 Å². The molecule has 0 radical (unpaired) electrons. The van der Waals surface area contributed by atoms with E-state index in [2.05, 4.69) is 42.2 Å². The molecule has 4 nitrogen and oxygen atoms in total. The number of amides is 1. The lowest BCUT2D eigenvalue weighted by molar-refractivity contribution is -0.129. The molecule has 2 N–H and O–H groups in total. The zero-order valence-electron chi connectivity index (χ0n) is 13.5. The molecule has 0 aromatic heterocycles. The lowest BCUT2D eigenvalue weighted by Gasteiger charge is -2.43. The van der Waals surface area contributed by atoms with Crippen LogP contribution in [0.4, 0.5) is 0 Å². The lowest BCUT2D eigenvalue weighted by Crippen LogP contribution is -2.52. The maximum absolute atomic E-state index is 11.8. The molecule has 22 heavy (non-hydrogen) atoms. The summed E-state index contributed by atoms with van der Waals surface area (Å²) in [5.74, 6) is 0.770. The quantitative estimate of drug-likeness (QED) is 0.926. The summed E-state index contributed by atoms with van der Waals surface area (Å²) in [5.41, 5.74) is 7.10. The molecule has 0 bridgehead atoms. The molecule has 1 amide bonds. The molecular weight excluding hydrogens is 274 g/mol. The van der Waals surface area contributed by atoms with Gasteiger partial charge in [-0.1, -0.05) is 30.3 Å². The second-order valence-electron chi connectivity index (χ2n) is 6.94. The highest BCUT2D eigenvalue weighted by Crippen LogP contribution is 2.34. The van der Waals surface area contributed by atoms with Crippen molar-refractivity contribution in [2.24, 2.45) is 5.73 Å². The first kappa shape index (κ1) is 15.5. The fraction of sp³-hybridized carbons (Fsp3) is 0.611. The standard InChI is InChI=1S/C18H27N3O/c1-18(9-12-20(14-18)17(22)13-19)21-10-7-16(8-11-21)15-5-3-2-4-6-15/h2-6,16H,7-14,19H2,1H3. The fourth-order valence-corrected chi connectivity index (χ4v) is 4.02. The number of nitrogens with zero attached hydrogens (tertiary/aromatic N) is 2. The third-order valence-corrected chi connectivity index (χ3v) is 5.51. The Hall–Kier alpha value is -1.39. The van der Waals surface area contributed by atoms with Crippen molar-refractivity contribution in [1.29, 1.82) is 0 Å². The predicted octanol–water partition coefficient (Wildman–Crippen LogP) is 1.82. The minimum atomic E-state index is 0.0860. The van der Waals surface area contributed by atoms with Crippen molar-refractivity contribution >= 4 is 5.91 Å². The maximum Gasteiger partial charge on any atom is 0.236 e.